The van der Waals surface area contributed by atoms with E-state index in [1.54, 1.807) is 0 Å². The lowest BCUT2D eigenvalue weighted by atomic mass is 9.66. The summed E-state index contributed by atoms with van der Waals surface area (Å²) in [5, 5.41) is 0. The van der Waals surface area contributed by atoms with Gasteiger partial charge in [0.05, 0.1) is 0 Å². The maximum atomic E-state index is 14.0. The Hall–Kier alpha value is -0.440. The molecule has 0 aromatic rings. The Morgan fingerprint density at radius 1 is 0.933 bits per heavy atom. The van der Waals surface area contributed by atoms with Crippen LogP contribution in [0.15, 0.2) is 0 Å². The van der Waals surface area contributed by atoms with Gasteiger partial charge >= 0.3 is 0 Å². The molecule has 0 spiro atoms. The van der Waals surface area contributed by atoms with Gasteiger partial charge in [0, 0.05) is 25.6 Å². The lowest BCUT2D eigenvalue weighted by molar-refractivity contribution is -0.108. The van der Waals surface area contributed by atoms with E-state index in [0.717, 1.165) is 44.1 Å². The molecular weight excluding hydrogens is 373 g/mol. The van der Waals surface area contributed by atoms with Crippen LogP contribution in [0.2, 0.25) is 0 Å². The Labute approximate surface area is 184 Å². The van der Waals surface area contributed by atoms with Crippen LogP contribution < -0.4 is 0 Å². The number of halogens is 1. The Morgan fingerprint density at radius 2 is 1.67 bits per heavy atom. The highest BCUT2D eigenvalue weighted by Crippen LogP contribution is 2.49. The molecule has 3 saturated carbocycles. The van der Waals surface area contributed by atoms with Gasteiger partial charge in [-0.2, -0.15) is 0 Å². The number of carbonyl (C=O) groups excluding carboxylic acids is 1. The molecule has 0 amide bonds. The van der Waals surface area contributed by atoms with Crippen molar-refractivity contribution in [1.29, 1.82) is 0 Å². The number of rotatable bonds is 5. The largest absolute Gasteiger partial charge is 0.303 e. The third kappa shape index (κ3) is 5.13. The van der Waals surface area contributed by atoms with Crippen molar-refractivity contribution in [2.75, 3.05) is 13.1 Å². The first kappa shape index (κ1) is 22.7. The van der Waals surface area contributed by atoms with Crippen LogP contribution in [0.1, 0.15) is 97.8 Å². The SMILES string of the molecule is CC(C)(C)C1CCC(CN2CC(CC=O)C3CC(C4CCCC(F)C4)CCC32)CC1. The molecule has 1 saturated heterocycles. The molecule has 1 aliphatic heterocycles. The number of nitrogens with zero attached hydrogens (tertiary/aromatic N) is 1. The monoisotopic (exact) mass is 419 g/mol. The molecule has 0 aromatic carbocycles. The summed E-state index contributed by atoms with van der Waals surface area (Å²) in [5.41, 5.74) is 0.453. The van der Waals surface area contributed by atoms with Crippen molar-refractivity contribution in [1.82, 2.24) is 4.90 Å². The highest BCUT2D eigenvalue weighted by molar-refractivity contribution is 5.50. The lowest BCUT2D eigenvalue weighted by Gasteiger charge is -2.43. The molecule has 4 aliphatic rings. The minimum atomic E-state index is -0.560. The summed E-state index contributed by atoms with van der Waals surface area (Å²) in [6.07, 6.45) is 14.6. The molecule has 2 nitrogen and oxygen atoms in total. The molecule has 6 unspecified atom stereocenters. The van der Waals surface area contributed by atoms with E-state index >= 15 is 0 Å². The number of fused-ring (bicyclic) bond motifs is 1. The van der Waals surface area contributed by atoms with Gasteiger partial charge < -0.3 is 4.79 Å². The Morgan fingerprint density at radius 3 is 2.33 bits per heavy atom. The van der Waals surface area contributed by atoms with E-state index in [1.807, 2.05) is 0 Å². The van der Waals surface area contributed by atoms with Gasteiger partial charge in [-0.25, -0.2) is 4.39 Å². The third-order valence-electron chi connectivity index (χ3n) is 9.73. The number of alkyl halides is 1. The van der Waals surface area contributed by atoms with Crippen molar-refractivity contribution >= 4 is 6.29 Å². The number of hydrogen-bond acceptors (Lipinski definition) is 2. The van der Waals surface area contributed by atoms with Gasteiger partial charge in [0.15, 0.2) is 0 Å². The average Bonchev–Trinajstić information content (AvgIpc) is 3.05. The molecule has 4 rings (SSSR count). The fourth-order valence-corrected chi connectivity index (χ4v) is 7.90. The second-order valence-electron chi connectivity index (χ2n) is 12.5. The van der Waals surface area contributed by atoms with Crippen molar-refractivity contribution < 1.29 is 9.18 Å². The second kappa shape index (κ2) is 9.59. The Balaban J connectivity index is 1.35. The Bertz CT molecular complexity index is 564. The molecule has 0 aromatic heterocycles. The van der Waals surface area contributed by atoms with E-state index in [-0.39, 0.29) is 0 Å². The molecule has 172 valence electrons. The number of hydrogen-bond donors (Lipinski definition) is 0. The molecule has 3 aliphatic carbocycles. The molecule has 0 radical (unpaired) electrons. The van der Waals surface area contributed by atoms with Gasteiger partial charge in [-0.3, -0.25) is 4.90 Å². The zero-order chi connectivity index (χ0) is 21.3. The highest BCUT2D eigenvalue weighted by Gasteiger charge is 2.46. The van der Waals surface area contributed by atoms with E-state index in [1.165, 1.54) is 64.2 Å². The summed E-state index contributed by atoms with van der Waals surface area (Å²) < 4.78 is 14.0. The maximum Gasteiger partial charge on any atom is 0.120 e. The van der Waals surface area contributed by atoms with Crippen LogP contribution in [0.5, 0.6) is 0 Å². The smallest absolute Gasteiger partial charge is 0.120 e. The average molecular weight is 420 g/mol. The van der Waals surface area contributed by atoms with Crippen molar-refractivity contribution in [3.8, 4) is 0 Å². The first-order valence-corrected chi connectivity index (χ1v) is 13.2. The van der Waals surface area contributed by atoms with Crippen molar-refractivity contribution in [2.24, 2.45) is 40.9 Å². The number of aldehydes is 1. The molecule has 4 fully saturated rings. The predicted octanol–water partition coefficient (Wildman–Crippen LogP) is 6.67. The van der Waals surface area contributed by atoms with Crippen LogP contribution in [0.3, 0.4) is 0 Å². The van der Waals surface area contributed by atoms with Gasteiger partial charge in [0.2, 0.25) is 0 Å². The quantitative estimate of drug-likeness (QED) is 0.464. The molecule has 3 heteroatoms. The van der Waals surface area contributed by atoms with Crippen LogP contribution in [0.4, 0.5) is 4.39 Å². The standard InChI is InChI=1S/C27H46FNO/c1-27(2,3)23-10-7-19(8-11-23)17-29-18-22(13-14-30)25-16-21(9-12-26(25)29)20-5-4-6-24(28)15-20/h14,19-26H,4-13,15-18H2,1-3H3. The Kier molecular flexibility index (Phi) is 7.27. The minimum Gasteiger partial charge on any atom is -0.303 e. The predicted molar refractivity (Wildman–Crippen MR) is 122 cm³/mol. The maximum absolute atomic E-state index is 14.0. The van der Waals surface area contributed by atoms with Crippen LogP contribution in [-0.2, 0) is 4.79 Å². The van der Waals surface area contributed by atoms with Crippen LogP contribution in [0, 0.1) is 40.9 Å². The van der Waals surface area contributed by atoms with E-state index in [2.05, 4.69) is 25.7 Å². The van der Waals surface area contributed by atoms with Gasteiger partial charge in [-0.05, 0) is 105 Å². The minimum absolute atomic E-state index is 0.453. The summed E-state index contributed by atoms with van der Waals surface area (Å²) in [6.45, 7) is 9.61. The molecular formula is C27H46FNO. The van der Waals surface area contributed by atoms with Crippen molar-refractivity contribution in [2.45, 2.75) is 110 Å². The fourth-order valence-electron chi connectivity index (χ4n) is 7.90. The normalized spacial score (nSPS) is 43.3. The van der Waals surface area contributed by atoms with Crippen LogP contribution in [-0.4, -0.2) is 36.5 Å². The summed E-state index contributed by atoms with van der Waals surface area (Å²) in [5.74, 6) is 4.27. The van der Waals surface area contributed by atoms with Gasteiger partial charge in [-0.15, -0.1) is 0 Å². The zero-order valence-electron chi connectivity index (χ0n) is 19.8. The van der Waals surface area contributed by atoms with E-state index in [4.69, 9.17) is 0 Å². The third-order valence-corrected chi connectivity index (χ3v) is 9.73. The summed E-state index contributed by atoms with van der Waals surface area (Å²) >= 11 is 0. The number of likely N-dealkylation sites (tertiary alicyclic amines) is 1. The lowest BCUT2D eigenvalue weighted by Crippen LogP contribution is -2.41. The summed E-state index contributed by atoms with van der Waals surface area (Å²) in [6, 6.07) is 0.691. The highest BCUT2D eigenvalue weighted by atomic mass is 19.1. The molecule has 0 N–H and O–H groups in total. The van der Waals surface area contributed by atoms with Gasteiger partial charge in [0.25, 0.3) is 0 Å². The summed E-state index contributed by atoms with van der Waals surface area (Å²) in [7, 11) is 0. The van der Waals surface area contributed by atoms with E-state index in [0.29, 0.717) is 35.1 Å². The number of carbonyl (C=O) groups is 1. The van der Waals surface area contributed by atoms with Crippen LogP contribution in [0.25, 0.3) is 0 Å². The zero-order valence-corrected chi connectivity index (χ0v) is 19.8. The van der Waals surface area contributed by atoms with Crippen LogP contribution >= 0.6 is 0 Å². The first-order chi connectivity index (χ1) is 14.3. The van der Waals surface area contributed by atoms with Crippen molar-refractivity contribution in [3.05, 3.63) is 0 Å². The molecule has 6 atom stereocenters. The van der Waals surface area contributed by atoms with Crippen molar-refractivity contribution in [3.63, 3.8) is 0 Å². The topological polar surface area (TPSA) is 20.3 Å². The molecule has 30 heavy (non-hydrogen) atoms. The second-order valence-corrected chi connectivity index (χ2v) is 12.5. The van der Waals surface area contributed by atoms with Gasteiger partial charge in [-0.1, -0.05) is 27.2 Å². The van der Waals surface area contributed by atoms with E-state index in [9.17, 15) is 9.18 Å². The summed E-state index contributed by atoms with van der Waals surface area (Å²) in [4.78, 5) is 14.2. The first-order valence-electron chi connectivity index (χ1n) is 13.2. The fraction of sp³-hybridized carbons (Fsp3) is 0.963. The van der Waals surface area contributed by atoms with E-state index < -0.39 is 6.17 Å². The van der Waals surface area contributed by atoms with Gasteiger partial charge in [0.1, 0.15) is 12.5 Å². The molecule has 1 heterocycles. The molecule has 0 bridgehead atoms.